The lowest BCUT2D eigenvalue weighted by molar-refractivity contribution is -0.137. The number of rotatable bonds is 8. The topological polar surface area (TPSA) is 105 Å². The van der Waals surface area contributed by atoms with E-state index in [1.54, 1.807) is 0 Å². The molecule has 8 nitrogen and oxygen atoms in total. The van der Waals surface area contributed by atoms with Crippen molar-refractivity contribution in [2.24, 2.45) is 0 Å². The number of anilines is 4. The van der Waals surface area contributed by atoms with Gasteiger partial charge < -0.3 is 20.7 Å². The third-order valence-corrected chi connectivity index (χ3v) is 8.99. The molecule has 0 radical (unpaired) electrons. The zero-order valence-electron chi connectivity index (χ0n) is 22.2. The number of nitrogens with one attached hydrogen (secondary N) is 3. The van der Waals surface area contributed by atoms with Crippen molar-refractivity contribution in [2.75, 3.05) is 30.8 Å². The first-order chi connectivity index (χ1) is 18.4. The van der Waals surface area contributed by atoms with Crippen LogP contribution in [0.3, 0.4) is 0 Å². The SMILES string of the molecule is COc1cc(C2CCNCC2)c(C)cc1Nc1ncc(C(F)(F)F)c(Nc2ccccc2S(=O)(=O)C(C)C)n1. The third-order valence-electron chi connectivity index (χ3n) is 6.78. The molecular weight excluding hydrogens is 531 g/mol. The van der Waals surface area contributed by atoms with Gasteiger partial charge >= 0.3 is 6.18 Å². The smallest absolute Gasteiger partial charge is 0.421 e. The Balaban J connectivity index is 1.72. The molecule has 1 aliphatic heterocycles. The maximum atomic E-state index is 13.9. The number of piperidine rings is 1. The number of benzene rings is 2. The number of halogens is 3. The van der Waals surface area contributed by atoms with Crippen LogP contribution in [0, 0.1) is 6.92 Å². The molecule has 0 saturated carbocycles. The Bertz CT molecular complexity index is 1440. The fraction of sp³-hybridized carbons (Fsp3) is 0.407. The third kappa shape index (κ3) is 6.27. The molecule has 3 N–H and O–H groups in total. The van der Waals surface area contributed by atoms with Gasteiger partial charge in [-0.05, 0) is 88.0 Å². The number of aromatic nitrogens is 2. The van der Waals surface area contributed by atoms with Crippen molar-refractivity contribution < 1.29 is 26.3 Å². The van der Waals surface area contributed by atoms with Crippen molar-refractivity contribution >= 4 is 33.0 Å². The molecule has 2 aromatic carbocycles. The molecule has 1 aliphatic rings. The van der Waals surface area contributed by atoms with Crippen LogP contribution in [-0.2, 0) is 16.0 Å². The monoisotopic (exact) mass is 563 g/mol. The second-order valence-corrected chi connectivity index (χ2v) is 12.2. The van der Waals surface area contributed by atoms with E-state index in [4.69, 9.17) is 4.74 Å². The molecule has 3 aromatic rings. The minimum atomic E-state index is -4.78. The molecular formula is C27H32F3N5O3S. The number of hydrogen-bond acceptors (Lipinski definition) is 8. The number of alkyl halides is 3. The number of sulfone groups is 1. The van der Waals surface area contributed by atoms with E-state index in [0.717, 1.165) is 37.1 Å². The first kappa shape index (κ1) is 28.6. The minimum absolute atomic E-state index is 0.0129. The van der Waals surface area contributed by atoms with Crippen LogP contribution >= 0.6 is 0 Å². The van der Waals surface area contributed by atoms with Gasteiger partial charge in [0, 0.05) is 6.20 Å². The highest BCUT2D eigenvalue weighted by molar-refractivity contribution is 7.92. The van der Waals surface area contributed by atoms with E-state index in [0.29, 0.717) is 23.6 Å². The normalized spacial score (nSPS) is 14.9. The molecule has 0 atom stereocenters. The molecule has 210 valence electrons. The quantitative estimate of drug-likeness (QED) is 0.309. The molecule has 39 heavy (non-hydrogen) atoms. The van der Waals surface area contributed by atoms with Gasteiger partial charge in [-0.15, -0.1) is 0 Å². The summed E-state index contributed by atoms with van der Waals surface area (Å²) in [4.78, 5) is 7.88. The largest absolute Gasteiger partial charge is 0.495 e. The van der Waals surface area contributed by atoms with Gasteiger partial charge in [-0.25, -0.2) is 13.4 Å². The van der Waals surface area contributed by atoms with Gasteiger partial charge in [-0.2, -0.15) is 18.2 Å². The van der Waals surface area contributed by atoms with Crippen LogP contribution in [0.4, 0.5) is 36.3 Å². The molecule has 0 spiro atoms. The fourth-order valence-corrected chi connectivity index (χ4v) is 5.81. The van der Waals surface area contributed by atoms with Crippen LogP contribution in [0.5, 0.6) is 5.75 Å². The highest BCUT2D eigenvalue weighted by Crippen LogP contribution is 2.39. The van der Waals surface area contributed by atoms with Gasteiger partial charge in [0.15, 0.2) is 9.84 Å². The molecule has 1 fully saturated rings. The summed E-state index contributed by atoms with van der Waals surface area (Å²) in [5.41, 5.74) is 1.54. The summed E-state index contributed by atoms with van der Waals surface area (Å²) >= 11 is 0. The van der Waals surface area contributed by atoms with Gasteiger partial charge in [-0.3, -0.25) is 0 Å². The molecule has 1 saturated heterocycles. The predicted molar refractivity (Wildman–Crippen MR) is 145 cm³/mol. The van der Waals surface area contributed by atoms with E-state index < -0.39 is 32.6 Å². The zero-order chi connectivity index (χ0) is 28.4. The van der Waals surface area contributed by atoms with Gasteiger partial charge in [0.05, 0.1) is 28.6 Å². The van der Waals surface area contributed by atoms with Crippen molar-refractivity contribution in [3.63, 3.8) is 0 Å². The van der Waals surface area contributed by atoms with Crippen molar-refractivity contribution in [1.29, 1.82) is 0 Å². The second-order valence-electron chi connectivity index (χ2n) is 9.73. The van der Waals surface area contributed by atoms with E-state index in [1.807, 2.05) is 19.1 Å². The summed E-state index contributed by atoms with van der Waals surface area (Å²) in [6, 6.07) is 9.62. The van der Waals surface area contributed by atoms with E-state index in [-0.39, 0.29) is 16.5 Å². The maximum Gasteiger partial charge on any atom is 0.421 e. The summed E-state index contributed by atoms with van der Waals surface area (Å²) in [6.07, 6.45) is -2.11. The summed E-state index contributed by atoms with van der Waals surface area (Å²) in [5, 5.41) is 8.16. The summed E-state index contributed by atoms with van der Waals surface area (Å²) in [5.74, 6) is 0.213. The number of methoxy groups -OCH3 is 1. The Morgan fingerprint density at radius 3 is 2.41 bits per heavy atom. The van der Waals surface area contributed by atoms with E-state index in [9.17, 15) is 21.6 Å². The highest BCUT2D eigenvalue weighted by atomic mass is 32.2. The number of nitrogens with zero attached hydrogens (tertiary/aromatic N) is 2. The molecule has 0 amide bonds. The number of para-hydroxylation sites is 1. The molecule has 1 aromatic heterocycles. The lowest BCUT2D eigenvalue weighted by atomic mass is 9.87. The van der Waals surface area contributed by atoms with Gasteiger partial charge in [0.25, 0.3) is 0 Å². The average Bonchev–Trinajstić information content (AvgIpc) is 2.89. The van der Waals surface area contributed by atoms with Crippen LogP contribution < -0.4 is 20.7 Å². The molecule has 2 heterocycles. The summed E-state index contributed by atoms with van der Waals surface area (Å²) < 4.78 is 72.9. The van der Waals surface area contributed by atoms with Crippen molar-refractivity contribution in [1.82, 2.24) is 15.3 Å². The number of ether oxygens (including phenoxy) is 1. The molecule has 12 heteroatoms. The van der Waals surface area contributed by atoms with Gasteiger partial charge in [0.1, 0.15) is 17.1 Å². The molecule has 4 rings (SSSR count). The zero-order valence-corrected chi connectivity index (χ0v) is 23.0. The molecule has 0 aliphatic carbocycles. The lowest BCUT2D eigenvalue weighted by Crippen LogP contribution is -2.27. The standard InChI is InChI=1S/C27H32F3N5O3S/c1-16(2)39(36,37)24-8-6-5-7-21(24)33-25-20(27(28,29)30)15-32-26(35-25)34-22-13-17(3)19(14-23(22)38-4)18-9-11-31-12-10-18/h5-8,13-16,18,31H,9-12H2,1-4H3,(H2,32,33,34,35). The first-order valence-corrected chi connectivity index (χ1v) is 14.2. The Morgan fingerprint density at radius 1 is 1.08 bits per heavy atom. The van der Waals surface area contributed by atoms with Gasteiger partial charge in [-0.1, -0.05) is 12.1 Å². The van der Waals surface area contributed by atoms with E-state index in [1.165, 1.54) is 45.2 Å². The average molecular weight is 564 g/mol. The summed E-state index contributed by atoms with van der Waals surface area (Å²) in [6.45, 7) is 6.86. The van der Waals surface area contributed by atoms with Crippen LogP contribution in [-0.4, -0.2) is 43.8 Å². The van der Waals surface area contributed by atoms with Crippen molar-refractivity contribution in [3.8, 4) is 5.75 Å². The van der Waals surface area contributed by atoms with E-state index >= 15 is 0 Å². The van der Waals surface area contributed by atoms with Gasteiger partial charge in [0.2, 0.25) is 5.95 Å². The molecule has 0 bridgehead atoms. The Morgan fingerprint density at radius 2 is 1.77 bits per heavy atom. The van der Waals surface area contributed by atoms with Crippen LogP contribution in [0.25, 0.3) is 0 Å². The van der Waals surface area contributed by atoms with Crippen LogP contribution in [0.2, 0.25) is 0 Å². The van der Waals surface area contributed by atoms with Crippen LogP contribution in [0.1, 0.15) is 49.3 Å². The number of hydrogen-bond donors (Lipinski definition) is 3. The van der Waals surface area contributed by atoms with Crippen molar-refractivity contribution in [2.45, 2.75) is 55.9 Å². The fourth-order valence-electron chi connectivity index (χ4n) is 4.61. The van der Waals surface area contributed by atoms with E-state index in [2.05, 4.69) is 25.9 Å². The Hall–Kier alpha value is -3.38. The maximum absolute atomic E-state index is 13.9. The Labute approximate surface area is 226 Å². The predicted octanol–water partition coefficient (Wildman–Crippen LogP) is 5.95. The van der Waals surface area contributed by atoms with Crippen LogP contribution in [0.15, 0.2) is 47.5 Å². The second kappa shape index (κ2) is 11.4. The number of aryl methyl sites for hydroxylation is 1. The minimum Gasteiger partial charge on any atom is -0.495 e. The highest BCUT2D eigenvalue weighted by Gasteiger charge is 2.36. The van der Waals surface area contributed by atoms with Crippen molar-refractivity contribution in [3.05, 3.63) is 59.3 Å². The molecule has 0 unspecified atom stereocenters. The lowest BCUT2D eigenvalue weighted by Gasteiger charge is -2.25. The summed E-state index contributed by atoms with van der Waals surface area (Å²) in [7, 11) is -2.26. The first-order valence-electron chi connectivity index (χ1n) is 12.6. The Kier molecular flexibility index (Phi) is 8.36.